The van der Waals surface area contributed by atoms with Crippen molar-refractivity contribution in [2.45, 2.75) is 18.5 Å². The van der Waals surface area contributed by atoms with Crippen molar-refractivity contribution < 1.29 is 4.79 Å². The maximum Gasteiger partial charge on any atom is 0.155 e. The van der Waals surface area contributed by atoms with Crippen LogP contribution in [0, 0.1) is 0 Å². The molecular weight excluding hydrogens is 236 g/mol. The average molecular weight is 254 g/mol. The van der Waals surface area contributed by atoms with Crippen molar-refractivity contribution in [3.8, 4) is 0 Å². The van der Waals surface area contributed by atoms with E-state index in [4.69, 9.17) is 11.5 Å². The van der Waals surface area contributed by atoms with Crippen LogP contribution < -0.4 is 11.5 Å². The molecule has 0 saturated carbocycles. The maximum absolute atomic E-state index is 12.1. The molecule has 0 radical (unpaired) electrons. The van der Waals surface area contributed by atoms with Crippen LogP contribution in [0.5, 0.6) is 0 Å². The third-order valence-electron chi connectivity index (χ3n) is 3.16. The number of rotatable bonds is 5. The van der Waals surface area contributed by atoms with E-state index >= 15 is 0 Å². The molecule has 98 valence electrons. The highest BCUT2D eigenvalue weighted by Crippen LogP contribution is 2.14. The van der Waals surface area contributed by atoms with Crippen LogP contribution in [-0.4, -0.2) is 11.8 Å². The first-order valence-electron chi connectivity index (χ1n) is 6.31. The Balaban J connectivity index is 2.03. The predicted octanol–water partition coefficient (Wildman–Crippen LogP) is 1.83. The summed E-state index contributed by atoms with van der Waals surface area (Å²) in [5.41, 5.74) is 13.9. The molecule has 0 saturated heterocycles. The van der Waals surface area contributed by atoms with E-state index in [-0.39, 0.29) is 5.78 Å². The van der Waals surface area contributed by atoms with Crippen LogP contribution >= 0.6 is 0 Å². The number of carbonyl (C=O) groups is 1. The Labute approximate surface area is 113 Å². The van der Waals surface area contributed by atoms with Gasteiger partial charge in [0.25, 0.3) is 0 Å². The van der Waals surface area contributed by atoms with Gasteiger partial charge in [-0.05, 0) is 11.1 Å². The molecule has 0 aromatic heterocycles. The molecule has 3 heteroatoms. The fraction of sp³-hybridized carbons (Fsp3) is 0.188. The smallest absolute Gasteiger partial charge is 0.155 e. The van der Waals surface area contributed by atoms with Gasteiger partial charge in [0.15, 0.2) is 5.78 Å². The van der Waals surface area contributed by atoms with Crippen LogP contribution in [0.15, 0.2) is 60.7 Å². The number of carbonyl (C=O) groups excluding carboxylic acids is 1. The van der Waals surface area contributed by atoms with Gasteiger partial charge in [0, 0.05) is 6.42 Å². The first-order valence-corrected chi connectivity index (χ1v) is 6.31. The van der Waals surface area contributed by atoms with Gasteiger partial charge in [-0.3, -0.25) is 4.79 Å². The normalized spacial score (nSPS) is 13.8. The van der Waals surface area contributed by atoms with E-state index in [0.29, 0.717) is 6.42 Å². The standard InChI is InChI=1S/C16H18N2O/c17-15(13-9-5-2-6-10-13)16(18)14(19)11-12-7-3-1-4-8-12/h1-10,15-16H,11,17-18H2. The van der Waals surface area contributed by atoms with Crippen molar-refractivity contribution in [2.24, 2.45) is 11.5 Å². The van der Waals surface area contributed by atoms with Crippen molar-refractivity contribution in [3.63, 3.8) is 0 Å². The quantitative estimate of drug-likeness (QED) is 0.855. The number of hydrogen-bond acceptors (Lipinski definition) is 3. The van der Waals surface area contributed by atoms with Gasteiger partial charge in [0.05, 0.1) is 12.1 Å². The Hall–Kier alpha value is -1.97. The van der Waals surface area contributed by atoms with Gasteiger partial charge >= 0.3 is 0 Å². The van der Waals surface area contributed by atoms with Crippen LogP contribution in [0.4, 0.5) is 0 Å². The molecule has 4 N–H and O–H groups in total. The minimum atomic E-state index is -0.678. The monoisotopic (exact) mass is 254 g/mol. The van der Waals surface area contributed by atoms with Gasteiger partial charge in [-0.2, -0.15) is 0 Å². The van der Waals surface area contributed by atoms with E-state index in [1.165, 1.54) is 0 Å². The molecule has 0 heterocycles. The highest BCUT2D eigenvalue weighted by Gasteiger charge is 2.22. The molecule has 2 rings (SSSR count). The average Bonchev–Trinajstić information content (AvgIpc) is 2.47. The van der Waals surface area contributed by atoms with E-state index < -0.39 is 12.1 Å². The highest BCUT2D eigenvalue weighted by atomic mass is 16.1. The predicted molar refractivity (Wildman–Crippen MR) is 76.5 cm³/mol. The van der Waals surface area contributed by atoms with E-state index in [1.807, 2.05) is 60.7 Å². The van der Waals surface area contributed by atoms with Gasteiger partial charge in [-0.15, -0.1) is 0 Å². The Morgan fingerprint density at radius 1 is 0.895 bits per heavy atom. The van der Waals surface area contributed by atoms with E-state index in [2.05, 4.69) is 0 Å². The van der Waals surface area contributed by atoms with Crippen LogP contribution in [0.2, 0.25) is 0 Å². The molecule has 0 spiro atoms. The zero-order valence-electron chi connectivity index (χ0n) is 10.7. The van der Waals surface area contributed by atoms with E-state index in [0.717, 1.165) is 11.1 Å². The molecule has 2 aromatic carbocycles. The summed E-state index contributed by atoms with van der Waals surface area (Å²) in [4.78, 5) is 12.1. The van der Waals surface area contributed by atoms with Crippen molar-refractivity contribution in [1.29, 1.82) is 0 Å². The number of nitrogens with two attached hydrogens (primary N) is 2. The largest absolute Gasteiger partial charge is 0.322 e. The minimum absolute atomic E-state index is 0.0393. The second-order valence-corrected chi connectivity index (χ2v) is 4.59. The Morgan fingerprint density at radius 3 is 2.00 bits per heavy atom. The summed E-state index contributed by atoms with van der Waals surface area (Å²) in [5.74, 6) is -0.0393. The van der Waals surface area contributed by atoms with Crippen LogP contribution in [0.1, 0.15) is 17.2 Å². The van der Waals surface area contributed by atoms with Gasteiger partial charge in [-0.25, -0.2) is 0 Å². The first-order chi connectivity index (χ1) is 9.18. The molecule has 0 aliphatic rings. The molecule has 2 atom stereocenters. The first kappa shape index (κ1) is 13.5. The summed E-state index contributed by atoms with van der Waals surface area (Å²) >= 11 is 0. The molecule has 0 fully saturated rings. The lowest BCUT2D eigenvalue weighted by molar-refractivity contribution is -0.120. The van der Waals surface area contributed by atoms with Gasteiger partial charge in [0.1, 0.15) is 0 Å². The summed E-state index contributed by atoms with van der Waals surface area (Å²) in [6, 6.07) is 17.9. The molecule has 2 unspecified atom stereocenters. The maximum atomic E-state index is 12.1. The van der Waals surface area contributed by atoms with Gasteiger partial charge in [-0.1, -0.05) is 60.7 Å². The lowest BCUT2D eigenvalue weighted by Gasteiger charge is -2.19. The Bertz CT molecular complexity index is 525. The zero-order valence-corrected chi connectivity index (χ0v) is 10.7. The number of Topliss-reactive ketones (excluding diaryl/α,β-unsaturated/α-hetero) is 1. The Morgan fingerprint density at radius 2 is 1.42 bits per heavy atom. The lowest BCUT2D eigenvalue weighted by Crippen LogP contribution is -2.41. The minimum Gasteiger partial charge on any atom is -0.322 e. The van der Waals surface area contributed by atoms with Crippen LogP contribution in [-0.2, 0) is 11.2 Å². The molecule has 0 aliphatic carbocycles. The second-order valence-electron chi connectivity index (χ2n) is 4.59. The summed E-state index contributed by atoms with van der Waals surface area (Å²) in [6.45, 7) is 0. The molecular formula is C16H18N2O. The molecule has 3 nitrogen and oxygen atoms in total. The van der Waals surface area contributed by atoms with Gasteiger partial charge < -0.3 is 11.5 Å². The van der Waals surface area contributed by atoms with Crippen molar-refractivity contribution in [1.82, 2.24) is 0 Å². The Kier molecular flexibility index (Phi) is 4.44. The molecule has 0 aliphatic heterocycles. The molecule has 2 aromatic rings. The van der Waals surface area contributed by atoms with Crippen molar-refractivity contribution in [3.05, 3.63) is 71.8 Å². The fourth-order valence-corrected chi connectivity index (χ4v) is 2.00. The number of ketones is 1. The third-order valence-corrected chi connectivity index (χ3v) is 3.16. The van der Waals surface area contributed by atoms with Crippen molar-refractivity contribution >= 4 is 5.78 Å². The highest BCUT2D eigenvalue weighted by molar-refractivity contribution is 5.86. The molecule has 0 amide bonds. The molecule has 19 heavy (non-hydrogen) atoms. The summed E-state index contributed by atoms with van der Waals surface area (Å²) < 4.78 is 0. The molecule has 0 bridgehead atoms. The topological polar surface area (TPSA) is 69.1 Å². The summed E-state index contributed by atoms with van der Waals surface area (Å²) in [7, 11) is 0. The number of hydrogen-bond donors (Lipinski definition) is 2. The SMILES string of the molecule is NC(C(=O)Cc1ccccc1)C(N)c1ccccc1. The third kappa shape index (κ3) is 3.50. The number of benzene rings is 2. The summed E-state index contributed by atoms with van der Waals surface area (Å²) in [5, 5.41) is 0. The second kappa shape index (κ2) is 6.27. The van der Waals surface area contributed by atoms with Crippen LogP contribution in [0.3, 0.4) is 0 Å². The van der Waals surface area contributed by atoms with Crippen LogP contribution in [0.25, 0.3) is 0 Å². The fourth-order valence-electron chi connectivity index (χ4n) is 2.00. The summed E-state index contributed by atoms with van der Waals surface area (Å²) in [6.07, 6.45) is 0.322. The van der Waals surface area contributed by atoms with E-state index in [9.17, 15) is 4.79 Å². The lowest BCUT2D eigenvalue weighted by atomic mass is 9.94. The van der Waals surface area contributed by atoms with E-state index in [1.54, 1.807) is 0 Å². The van der Waals surface area contributed by atoms with Crippen molar-refractivity contribution in [2.75, 3.05) is 0 Å². The van der Waals surface area contributed by atoms with Gasteiger partial charge in [0.2, 0.25) is 0 Å². The zero-order chi connectivity index (χ0) is 13.7.